The van der Waals surface area contributed by atoms with Crippen molar-refractivity contribution in [1.82, 2.24) is 4.90 Å². The van der Waals surface area contributed by atoms with Gasteiger partial charge in [-0.1, -0.05) is 30.3 Å². The highest BCUT2D eigenvalue weighted by Gasteiger charge is 2.43. The van der Waals surface area contributed by atoms with E-state index in [4.69, 9.17) is 0 Å². The molecule has 1 N–H and O–H groups in total. The van der Waals surface area contributed by atoms with Crippen molar-refractivity contribution in [2.24, 2.45) is 0 Å². The van der Waals surface area contributed by atoms with Crippen LogP contribution in [0.5, 0.6) is 0 Å². The Hall–Kier alpha value is -2.69. The summed E-state index contributed by atoms with van der Waals surface area (Å²) in [5.74, 6) is -1.56. The van der Waals surface area contributed by atoms with Crippen LogP contribution in [0.4, 0.5) is 4.39 Å². The van der Waals surface area contributed by atoms with Crippen LogP contribution in [0.15, 0.2) is 48.5 Å². The van der Waals surface area contributed by atoms with E-state index in [1.807, 2.05) is 30.3 Å². The molecule has 2 aromatic rings. The zero-order valence-electron chi connectivity index (χ0n) is 14.0. The van der Waals surface area contributed by atoms with Crippen LogP contribution in [-0.2, 0) is 10.2 Å². The summed E-state index contributed by atoms with van der Waals surface area (Å²) in [6.07, 6.45) is 0.679. The Bertz CT molecular complexity index is 776. The second-order valence-corrected chi connectivity index (χ2v) is 6.56. The number of carbonyl (C=O) groups is 2. The molecule has 25 heavy (non-hydrogen) atoms. The van der Waals surface area contributed by atoms with Gasteiger partial charge in [0.25, 0.3) is 5.91 Å². The summed E-state index contributed by atoms with van der Waals surface area (Å²) < 4.78 is 13.6. The first-order chi connectivity index (χ1) is 11.9. The van der Waals surface area contributed by atoms with Crippen LogP contribution in [-0.4, -0.2) is 35.0 Å². The Kier molecular flexibility index (Phi) is 4.57. The number of nitrogens with zero attached hydrogens (tertiary/aromatic N) is 1. The van der Waals surface area contributed by atoms with Crippen molar-refractivity contribution >= 4 is 11.9 Å². The maximum atomic E-state index is 13.6. The van der Waals surface area contributed by atoms with E-state index in [9.17, 15) is 19.1 Å². The van der Waals surface area contributed by atoms with Crippen LogP contribution in [0.2, 0.25) is 0 Å². The molecular weight excluding hydrogens is 321 g/mol. The topological polar surface area (TPSA) is 57.6 Å². The standard InChI is InChI=1S/C20H20FNO3/c1-14-11-15(13-17(21)12-14)18(23)22-9-7-20(8-10-22,19(24)25)16-5-3-2-4-6-16/h2-6,11-13H,7-10H2,1H3,(H,24,25). The number of hydrogen-bond donors (Lipinski definition) is 1. The van der Waals surface area contributed by atoms with Crippen LogP contribution < -0.4 is 0 Å². The predicted octanol–water partition coefficient (Wildman–Crippen LogP) is 3.39. The minimum Gasteiger partial charge on any atom is -0.481 e. The lowest BCUT2D eigenvalue weighted by molar-refractivity contribution is -0.145. The van der Waals surface area contributed by atoms with E-state index in [2.05, 4.69) is 0 Å². The molecule has 1 aliphatic heterocycles. The van der Waals surface area contributed by atoms with Gasteiger partial charge in [-0.15, -0.1) is 0 Å². The van der Waals surface area contributed by atoms with Crippen molar-refractivity contribution in [3.05, 3.63) is 71.0 Å². The van der Waals surface area contributed by atoms with E-state index in [1.165, 1.54) is 12.1 Å². The third-order valence-corrected chi connectivity index (χ3v) is 4.93. The molecule has 0 aromatic heterocycles. The molecule has 0 radical (unpaired) electrons. The highest BCUT2D eigenvalue weighted by molar-refractivity contribution is 5.94. The molecule has 2 aromatic carbocycles. The van der Waals surface area contributed by atoms with Crippen molar-refractivity contribution in [2.45, 2.75) is 25.2 Å². The number of aryl methyl sites for hydroxylation is 1. The highest BCUT2D eigenvalue weighted by atomic mass is 19.1. The maximum absolute atomic E-state index is 13.6. The molecule has 1 heterocycles. The van der Waals surface area contributed by atoms with Crippen LogP contribution >= 0.6 is 0 Å². The molecule has 1 amide bonds. The Morgan fingerprint density at radius 3 is 2.28 bits per heavy atom. The number of benzene rings is 2. The Morgan fingerprint density at radius 2 is 1.72 bits per heavy atom. The molecule has 1 aliphatic rings. The monoisotopic (exact) mass is 341 g/mol. The van der Waals surface area contributed by atoms with E-state index >= 15 is 0 Å². The molecule has 4 nitrogen and oxygen atoms in total. The van der Waals surface area contributed by atoms with E-state index in [1.54, 1.807) is 17.9 Å². The Labute approximate surface area is 145 Å². The largest absolute Gasteiger partial charge is 0.481 e. The molecule has 0 aliphatic carbocycles. The lowest BCUT2D eigenvalue weighted by atomic mass is 9.72. The smallest absolute Gasteiger partial charge is 0.314 e. The first kappa shape index (κ1) is 17.1. The number of rotatable bonds is 3. The van der Waals surface area contributed by atoms with Gasteiger partial charge in [0.15, 0.2) is 0 Å². The minimum absolute atomic E-state index is 0.255. The third kappa shape index (κ3) is 3.27. The normalized spacial score (nSPS) is 16.5. The van der Waals surface area contributed by atoms with E-state index in [0.717, 1.165) is 5.56 Å². The molecule has 0 bridgehead atoms. The van der Waals surface area contributed by atoms with E-state index in [-0.39, 0.29) is 5.91 Å². The van der Waals surface area contributed by atoms with Crippen LogP contribution in [0, 0.1) is 12.7 Å². The number of hydrogen-bond acceptors (Lipinski definition) is 2. The molecular formula is C20H20FNO3. The molecule has 1 fully saturated rings. The number of carboxylic acids is 1. The number of halogens is 1. The van der Waals surface area contributed by atoms with Gasteiger partial charge in [0.2, 0.25) is 0 Å². The molecule has 0 atom stereocenters. The lowest BCUT2D eigenvalue weighted by Gasteiger charge is -2.39. The fraction of sp³-hybridized carbons (Fsp3) is 0.300. The van der Waals surface area contributed by atoms with Crippen LogP contribution in [0.1, 0.15) is 34.3 Å². The Morgan fingerprint density at radius 1 is 1.08 bits per heavy atom. The van der Waals surface area contributed by atoms with Crippen molar-refractivity contribution in [1.29, 1.82) is 0 Å². The SMILES string of the molecule is Cc1cc(F)cc(C(=O)N2CCC(C(=O)O)(c3ccccc3)CC2)c1. The zero-order chi connectivity index (χ0) is 18.0. The van der Waals surface area contributed by atoms with Gasteiger partial charge in [0.05, 0.1) is 5.41 Å². The fourth-order valence-electron chi connectivity index (χ4n) is 3.52. The predicted molar refractivity (Wildman–Crippen MR) is 92.0 cm³/mol. The van der Waals surface area contributed by atoms with Crippen molar-refractivity contribution in [2.75, 3.05) is 13.1 Å². The fourth-order valence-corrected chi connectivity index (χ4v) is 3.52. The minimum atomic E-state index is -0.976. The average Bonchev–Trinajstić information content (AvgIpc) is 2.61. The van der Waals surface area contributed by atoms with Crippen LogP contribution in [0.3, 0.4) is 0 Å². The summed E-state index contributed by atoms with van der Waals surface area (Å²) in [6.45, 7) is 2.39. The average molecular weight is 341 g/mol. The second-order valence-electron chi connectivity index (χ2n) is 6.56. The maximum Gasteiger partial charge on any atom is 0.314 e. The quantitative estimate of drug-likeness (QED) is 0.931. The highest BCUT2D eigenvalue weighted by Crippen LogP contribution is 2.36. The third-order valence-electron chi connectivity index (χ3n) is 4.93. The number of aliphatic carboxylic acids is 1. The zero-order valence-corrected chi connectivity index (χ0v) is 14.0. The molecule has 0 spiro atoms. The first-order valence-corrected chi connectivity index (χ1v) is 8.28. The van der Waals surface area contributed by atoms with Gasteiger partial charge in [-0.05, 0) is 49.1 Å². The summed E-state index contributed by atoms with van der Waals surface area (Å²) >= 11 is 0. The van der Waals surface area contributed by atoms with Gasteiger partial charge in [-0.25, -0.2) is 4.39 Å². The number of carbonyl (C=O) groups excluding carboxylic acids is 1. The lowest BCUT2D eigenvalue weighted by Crippen LogP contribution is -2.49. The van der Waals surface area contributed by atoms with Crippen molar-refractivity contribution in [3.8, 4) is 0 Å². The summed E-state index contributed by atoms with van der Waals surface area (Å²) in [7, 11) is 0. The van der Waals surface area contributed by atoms with Gasteiger partial charge in [0, 0.05) is 18.7 Å². The van der Waals surface area contributed by atoms with Gasteiger partial charge < -0.3 is 10.0 Å². The molecule has 1 saturated heterocycles. The van der Waals surface area contributed by atoms with E-state index < -0.39 is 17.2 Å². The second kappa shape index (κ2) is 6.67. The summed E-state index contributed by atoms with van der Waals surface area (Å²) in [5.41, 5.74) is 0.774. The number of amides is 1. The van der Waals surface area contributed by atoms with Crippen molar-refractivity contribution in [3.63, 3.8) is 0 Å². The molecule has 0 saturated carbocycles. The summed E-state index contributed by atoms with van der Waals surface area (Å²) in [5, 5.41) is 9.80. The van der Waals surface area contributed by atoms with Crippen molar-refractivity contribution < 1.29 is 19.1 Å². The number of carboxylic acid groups (broad SMARTS) is 1. The molecule has 130 valence electrons. The molecule has 3 rings (SSSR count). The molecule has 0 unspecified atom stereocenters. The van der Waals surface area contributed by atoms with Gasteiger partial charge in [-0.2, -0.15) is 0 Å². The van der Waals surface area contributed by atoms with E-state index in [0.29, 0.717) is 37.1 Å². The number of piperidine rings is 1. The van der Waals surface area contributed by atoms with Gasteiger partial charge in [-0.3, -0.25) is 9.59 Å². The number of likely N-dealkylation sites (tertiary alicyclic amines) is 1. The summed E-state index contributed by atoms with van der Waals surface area (Å²) in [4.78, 5) is 26.2. The molecule has 5 heteroatoms. The summed E-state index contributed by atoms with van der Waals surface area (Å²) in [6, 6.07) is 13.4. The Balaban J connectivity index is 1.80. The van der Waals surface area contributed by atoms with Gasteiger partial charge >= 0.3 is 5.97 Å². The van der Waals surface area contributed by atoms with Gasteiger partial charge in [0.1, 0.15) is 5.82 Å². The van der Waals surface area contributed by atoms with Crippen LogP contribution in [0.25, 0.3) is 0 Å². The first-order valence-electron chi connectivity index (χ1n) is 8.28.